The monoisotopic (exact) mass is 388 g/mol. The second-order valence-corrected chi connectivity index (χ2v) is 6.08. The van der Waals surface area contributed by atoms with Gasteiger partial charge in [0.1, 0.15) is 6.10 Å². The Labute approximate surface area is 129 Å². The van der Waals surface area contributed by atoms with Gasteiger partial charge in [0.05, 0.1) is 17.3 Å². The average molecular weight is 388 g/mol. The van der Waals surface area contributed by atoms with Crippen molar-refractivity contribution in [3.8, 4) is 0 Å². The Morgan fingerprint density at radius 3 is 2.68 bits per heavy atom. The fraction of sp³-hybridized carbons (Fsp3) is 0.231. The maximum Gasteiger partial charge on any atom is 0.293 e. The summed E-state index contributed by atoms with van der Waals surface area (Å²) in [5.41, 5.74) is 1.84. The van der Waals surface area contributed by atoms with Crippen LogP contribution >= 0.6 is 34.4 Å². The predicted octanol–water partition coefficient (Wildman–Crippen LogP) is 3.33. The molecule has 0 aliphatic rings. The van der Waals surface area contributed by atoms with Crippen molar-refractivity contribution in [3.05, 3.63) is 51.6 Å². The van der Waals surface area contributed by atoms with Crippen LogP contribution in [0.5, 0.6) is 0 Å². The molecular weight excluding hydrogens is 375 g/mol. The number of thioether (sulfide) groups is 1. The Morgan fingerprint density at radius 2 is 2.16 bits per heavy atom. The summed E-state index contributed by atoms with van der Waals surface area (Å²) in [5, 5.41) is -0.0310. The van der Waals surface area contributed by atoms with Gasteiger partial charge in [0.15, 0.2) is 0 Å². The zero-order valence-electron chi connectivity index (χ0n) is 10.2. The van der Waals surface area contributed by atoms with E-state index >= 15 is 0 Å². The minimum absolute atomic E-state index is 0.0310. The molecule has 4 nitrogen and oxygen atoms in total. The van der Waals surface area contributed by atoms with E-state index in [1.165, 1.54) is 0 Å². The number of nitrogens with one attached hydrogen (secondary N) is 1. The van der Waals surface area contributed by atoms with Gasteiger partial charge in [-0.25, -0.2) is 4.98 Å². The number of aromatic nitrogens is 2. The SMILES string of the molecule is CSC(c1c[nH]cn1)C(OC=O)c1ccc(I)cc1. The van der Waals surface area contributed by atoms with E-state index in [1.807, 2.05) is 36.7 Å². The van der Waals surface area contributed by atoms with Gasteiger partial charge >= 0.3 is 0 Å². The highest BCUT2D eigenvalue weighted by atomic mass is 127. The van der Waals surface area contributed by atoms with Crippen LogP contribution in [0.15, 0.2) is 36.8 Å². The van der Waals surface area contributed by atoms with Crippen molar-refractivity contribution in [2.75, 3.05) is 6.26 Å². The van der Waals surface area contributed by atoms with Crippen LogP contribution in [-0.2, 0) is 9.53 Å². The lowest BCUT2D eigenvalue weighted by Gasteiger charge is -2.23. The second-order valence-electron chi connectivity index (χ2n) is 3.85. The van der Waals surface area contributed by atoms with Crippen molar-refractivity contribution >= 4 is 40.8 Å². The summed E-state index contributed by atoms with van der Waals surface area (Å²) in [7, 11) is 0. The lowest BCUT2D eigenvalue weighted by atomic mass is 10.0. The van der Waals surface area contributed by atoms with Crippen molar-refractivity contribution in [2.24, 2.45) is 0 Å². The first-order chi connectivity index (χ1) is 9.26. The molecule has 2 aromatic rings. The maximum absolute atomic E-state index is 10.8. The average Bonchev–Trinajstić information content (AvgIpc) is 2.94. The highest BCUT2D eigenvalue weighted by Gasteiger charge is 2.27. The van der Waals surface area contributed by atoms with Crippen LogP contribution in [0, 0.1) is 3.57 Å². The van der Waals surface area contributed by atoms with Crippen molar-refractivity contribution in [2.45, 2.75) is 11.4 Å². The van der Waals surface area contributed by atoms with Gasteiger partial charge in [-0.15, -0.1) is 0 Å². The van der Waals surface area contributed by atoms with Crippen molar-refractivity contribution in [1.29, 1.82) is 0 Å². The fourth-order valence-corrected chi connectivity index (χ4v) is 3.06. The number of nitrogens with zero attached hydrogens (tertiary/aromatic N) is 1. The smallest absolute Gasteiger partial charge is 0.293 e. The zero-order valence-corrected chi connectivity index (χ0v) is 13.2. The van der Waals surface area contributed by atoms with Gasteiger partial charge in [-0.1, -0.05) is 12.1 Å². The molecule has 1 N–H and O–H groups in total. The first kappa shape index (κ1) is 14.4. The molecule has 0 aliphatic carbocycles. The van der Waals surface area contributed by atoms with Crippen LogP contribution in [0.1, 0.15) is 22.6 Å². The predicted molar refractivity (Wildman–Crippen MR) is 83.9 cm³/mol. The van der Waals surface area contributed by atoms with Crippen molar-refractivity contribution in [1.82, 2.24) is 9.97 Å². The third kappa shape index (κ3) is 3.50. The Morgan fingerprint density at radius 1 is 1.42 bits per heavy atom. The number of carbonyl (C=O) groups is 1. The second kappa shape index (κ2) is 6.95. The number of benzene rings is 1. The molecule has 2 atom stereocenters. The molecule has 6 heteroatoms. The van der Waals surface area contributed by atoms with Crippen LogP contribution in [-0.4, -0.2) is 22.7 Å². The van der Waals surface area contributed by atoms with Gasteiger partial charge in [-0.05, 0) is 46.5 Å². The summed E-state index contributed by atoms with van der Waals surface area (Å²) in [4.78, 5) is 18.0. The van der Waals surface area contributed by atoms with Gasteiger partial charge in [0.2, 0.25) is 0 Å². The molecule has 1 aromatic carbocycles. The van der Waals surface area contributed by atoms with E-state index in [4.69, 9.17) is 4.74 Å². The number of aromatic amines is 1. The quantitative estimate of drug-likeness (QED) is 0.609. The number of H-pyrrole nitrogens is 1. The normalized spacial score (nSPS) is 13.8. The van der Waals surface area contributed by atoms with Crippen LogP contribution in [0.4, 0.5) is 0 Å². The lowest BCUT2D eigenvalue weighted by molar-refractivity contribution is -0.134. The lowest BCUT2D eigenvalue weighted by Crippen LogP contribution is -2.12. The Hall–Kier alpha value is -1.02. The minimum atomic E-state index is -0.340. The van der Waals surface area contributed by atoms with E-state index < -0.39 is 0 Å². The molecule has 100 valence electrons. The largest absolute Gasteiger partial charge is 0.458 e. The van der Waals surface area contributed by atoms with E-state index in [2.05, 4.69) is 32.6 Å². The molecule has 0 bridgehead atoms. The first-order valence-electron chi connectivity index (χ1n) is 5.62. The molecule has 0 radical (unpaired) electrons. The number of halogens is 1. The molecule has 2 unspecified atom stereocenters. The summed E-state index contributed by atoms with van der Waals surface area (Å²) in [6.45, 7) is 0.499. The molecule has 2 rings (SSSR count). The summed E-state index contributed by atoms with van der Waals surface area (Å²) in [6, 6.07) is 7.95. The Kier molecular flexibility index (Phi) is 5.26. The molecule has 0 saturated carbocycles. The van der Waals surface area contributed by atoms with Crippen molar-refractivity contribution < 1.29 is 9.53 Å². The minimum Gasteiger partial charge on any atom is -0.458 e. The van der Waals surface area contributed by atoms with E-state index in [-0.39, 0.29) is 11.4 Å². The number of hydrogen-bond donors (Lipinski definition) is 1. The summed E-state index contributed by atoms with van der Waals surface area (Å²) < 4.78 is 6.43. The third-order valence-corrected chi connectivity index (χ3v) is 4.46. The van der Waals surface area contributed by atoms with Crippen LogP contribution in [0.3, 0.4) is 0 Å². The molecule has 0 fully saturated rings. The third-order valence-electron chi connectivity index (χ3n) is 2.74. The molecule has 0 amide bonds. The molecule has 1 heterocycles. The zero-order chi connectivity index (χ0) is 13.7. The van der Waals surface area contributed by atoms with E-state index in [0.29, 0.717) is 6.47 Å². The summed E-state index contributed by atoms with van der Waals surface area (Å²) in [5.74, 6) is 0. The van der Waals surface area contributed by atoms with Gasteiger partial charge in [-0.3, -0.25) is 4.79 Å². The van der Waals surface area contributed by atoms with Gasteiger partial charge in [0.25, 0.3) is 6.47 Å². The molecule has 1 aromatic heterocycles. The van der Waals surface area contributed by atoms with Crippen LogP contribution < -0.4 is 0 Å². The molecule has 0 saturated heterocycles. The topological polar surface area (TPSA) is 55.0 Å². The maximum atomic E-state index is 10.8. The standard InChI is InChI=1S/C13H13IN2O2S/c1-19-13(11-6-15-7-16-11)12(18-8-17)9-2-4-10(14)5-3-9/h2-8,12-13H,1H3,(H,15,16). The number of carbonyl (C=O) groups excluding carboxylic acids is 1. The number of ether oxygens (including phenoxy) is 1. The van der Waals surface area contributed by atoms with Crippen molar-refractivity contribution in [3.63, 3.8) is 0 Å². The highest BCUT2D eigenvalue weighted by Crippen LogP contribution is 2.39. The summed E-state index contributed by atoms with van der Waals surface area (Å²) >= 11 is 3.85. The van der Waals surface area contributed by atoms with E-state index in [0.717, 1.165) is 14.8 Å². The Balaban J connectivity index is 2.32. The molecular formula is C13H13IN2O2S. The highest BCUT2D eigenvalue weighted by molar-refractivity contribution is 14.1. The number of imidazole rings is 1. The number of rotatable bonds is 6. The Bertz CT molecular complexity index is 516. The van der Waals surface area contributed by atoms with E-state index in [9.17, 15) is 4.79 Å². The van der Waals surface area contributed by atoms with E-state index in [1.54, 1.807) is 18.1 Å². The fourth-order valence-electron chi connectivity index (χ4n) is 1.86. The van der Waals surface area contributed by atoms with Crippen LogP contribution in [0.2, 0.25) is 0 Å². The van der Waals surface area contributed by atoms with Crippen LogP contribution in [0.25, 0.3) is 0 Å². The number of hydrogen-bond acceptors (Lipinski definition) is 4. The molecule has 19 heavy (non-hydrogen) atoms. The molecule has 0 spiro atoms. The first-order valence-corrected chi connectivity index (χ1v) is 7.99. The summed E-state index contributed by atoms with van der Waals surface area (Å²) in [6.07, 6.45) is 5.10. The van der Waals surface area contributed by atoms with Gasteiger partial charge in [0, 0.05) is 9.77 Å². The van der Waals surface area contributed by atoms with Gasteiger partial charge in [-0.2, -0.15) is 11.8 Å². The molecule has 0 aliphatic heterocycles. The van der Waals surface area contributed by atoms with Gasteiger partial charge < -0.3 is 9.72 Å².